The molecule has 2 aromatic rings. The molecule has 0 spiro atoms. The third kappa shape index (κ3) is 3.47. The number of anilines is 2. The molecule has 0 saturated carbocycles. The molecule has 19 heavy (non-hydrogen) atoms. The largest absolute Gasteiger partial charge is 0.380 e. The highest BCUT2D eigenvalue weighted by atomic mass is 15.1. The summed E-state index contributed by atoms with van der Waals surface area (Å²) in [6, 6.07) is 12.7. The summed E-state index contributed by atoms with van der Waals surface area (Å²) in [5.41, 5.74) is 5.69. The molecule has 0 aliphatic heterocycles. The van der Waals surface area contributed by atoms with E-state index in [1.807, 2.05) is 19.9 Å². The van der Waals surface area contributed by atoms with Crippen LogP contribution in [-0.2, 0) is 6.54 Å². The molecule has 1 aromatic carbocycles. The lowest BCUT2D eigenvalue weighted by atomic mass is 10.2. The number of aromatic nitrogens is 1. The molecule has 0 radical (unpaired) electrons. The smallest absolute Gasteiger partial charge is 0.0606 e. The Morgan fingerprint density at radius 2 is 1.68 bits per heavy atom. The number of aryl methyl sites for hydroxylation is 2. The van der Waals surface area contributed by atoms with Gasteiger partial charge in [-0.1, -0.05) is 12.1 Å². The average molecular weight is 255 g/mol. The molecule has 1 N–H and O–H groups in total. The molecule has 100 valence electrons. The van der Waals surface area contributed by atoms with Crippen LogP contribution < -0.4 is 10.2 Å². The van der Waals surface area contributed by atoms with Gasteiger partial charge in [-0.3, -0.25) is 4.98 Å². The lowest BCUT2D eigenvalue weighted by molar-refractivity contribution is 1.07. The number of nitrogens with zero attached hydrogens (tertiary/aromatic N) is 2. The van der Waals surface area contributed by atoms with Gasteiger partial charge >= 0.3 is 0 Å². The SMILES string of the molecule is Cc1ccc(NCc2ccc(N(C)C)cc2)c(C)n1. The van der Waals surface area contributed by atoms with Gasteiger partial charge < -0.3 is 10.2 Å². The zero-order valence-corrected chi connectivity index (χ0v) is 12.1. The number of nitrogens with one attached hydrogen (secondary N) is 1. The molecular weight excluding hydrogens is 234 g/mol. The molecule has 0 amide bonds. The van der Waals surface area contributed by atoms with Crippen molar-refractivity contribution in [2.75, 3.05) is 24.3 Å². The second kappa shape index (κ2) is 5.74. The van der Waals surface area contributed by atoms with Crippen LogP contribution in [0.1, 0.15) is 17.0 Å². The summed E-state index contributed by atoms with van der Waals surface area (Å²) in [4.78, 5) is 6.56. The van der Waals surface area contributed by atoms with Crippen LogP contribution in [0.25, 0.3) is 0 Å². The first kappa shape index (κ1) is 13.4. The predicted molar refractivity (Wildman–Crippen MR) is 81.8 cm³/mol. The van der Waals surface area contributed by atoms with Crippen LogP contribution in [-0.4, -0.2) is 19.1 Å². The second-order valence-electron chi connectivity index (χ2n) is 5.00. The molecule has 0 aliphatic rings. The van der Waals surface area contributed by atoms with Gasteiger partial charge in [-0.2, -0.15) is 0 Å². The second-order valence-corrected chi connectivity index (χ2v) is 5.00. The molecule has 0 atom stereocenters. The van der Waals surface area contributed by atoms with Crippen LogP contribution in [0.4, 0.5) is 11.4 Å². The van der Waals surface area contributed by atoms with Crippen LogP contribution >= 0.6 is 0 Å². The van der Waals surface area contributed by atoms with E-state index in [2.05, 4.69) is 59.6 Å². The van der Waals surface area contributed by atoms with Gasteiger partial charge in [0.15, 0.2) is 0 Å². The number of hydrogen-bond donors (Lipinski definition) is 1. The van der Waals surface area contributed by atoms with Gasteiger partial charge in [0.1, 0.15) is 0 Å². The molecule has 3 heteroatoms. The van der Waals surface area contributed by atoms with Crippen LogP contribution in [0, 0.1) is 13.8 Å². The fourth-order valence-electron chi connectivity index (χ4n) is 1.98. The molecular formula is C16H21N3. The van der Waals surface area contributed by atoms with Crippen molar-refractivity contribution in [1.29, 1.82) is 0 Å². The summed E-state index contributed by atoms with van der Waals surface area (Å²) in [5, 5.41) is 3.43. The molecule has 0 fully saturated rings. The minimum absolute atomic E-state index is 0.819. The maximum absolute atomic E-state index is 4.45. The van der Waals surface area contributed by atoms with Gasteiger partial charge in [-0.15, -0.1) is 0 Å². The first-order chi connectivity index (χ1) is 9.06. The fourth-order valence-corrected chi connectivity index (χ4v) is 1.98. The normalized spacial score (nSPS) is 10.3. The Labute approximate surface area is 115 Å². The third-order valence-electron chi connectivity index (χ3n) is 3.16. The summed E-state index contributed by atoms with van der Waals surface area (Å²) < 4.78 is 0. The Hall–Kier alpha value is -2.03. The summed E-state index contributed by atoms with van der Waals surface area (Å²) in [5.74, 6) is 0. The minimum Gasteiger partial charge on any atom is -0.380 e. The topological polar surface area (TPSA) is 28.2 Å². The summed E-state index contributed by atoms with van der Waals surface area (Å²) in [7, 11) is 4.10. The third-order valence-corrected chi connectivity index (χ3v) is 3.16. The Morgan fingerprint density at radius 3 is 2.26 bits per heavy atom. The van der Waals surface area contributed by atoms with E-state index >= 15 is 0 Å². The van der Waals surface area contributed by atoms with Crippen LogP contribution in [0.3, 0.4) is 0 Å². The first-order valence-electron chi connectivity index (χ1n) is 6.50. The molecule has 1 aromatic heterocycles. The number of benzene rings is 1. The van der Waals surface area contributed by atoms with Crippen molar-refractivity contribution in [2.24, 2.45) is 0 Å². The zero-order valence-electron chi connectivity index (χ0n) is 12.1. The van der Waals surface area contributed by atoms with Crippen LogP contribution in [0.15, 0.2) is 36.4 Å². The minimum atomic E-state index is 0.819. The van der Waals surface area contributed by atoms with Crippen molar-refractivity contribution in [3.63, 3.8) is 0 Å². The molecule has 0 saturated heterocycles. The van der Waals surface area contributed by atoms with Crippen molar-refractivity contribution in [2.45, 2.75) is 20.4 Å². The van der Waals surface area contributed by atoms with Crippen molar-refractivity contribution in [3.05, 3.63) is 53.3 Å². The van der Waals surface area contributed by atoms with Crippen molar-refractivity contribution in [3.8, 4) is 0 Å². The van der Waals surface area contributed by atoms with E-state index in [1.54, 1.807) is 0 Å². The van der Waals surface area contributed by atoms with E-state index in [-0.39, 0.29) is 0 Å². The van der Waals surface area contributed by atoms with E-state index in [0.29, 0.717) is 0 Å². The van der Waals surface area contributed by atoms with Gasteiger partial charge in [-0.25, -0.2) is 0 Å². The van der Waals surface area contributed by atoms with E-state index in [9.17, 15) is 0 Å². The first-order valence-corrected chi connectivity index (χ1v) is 6.50. The van der Waals surface area contributed by atoms with Gasteiger partial charge in [0, 0.05) is 32.0 Å². The predicted octanol–water partition coefficient (Wildman–Crippen LogP) is 3.38. The zero-order chi connectivity index (χ0) is 13.8. The number of rotatable bonds is 4. The van der Waals surface area contributed by atoms with Crippen molar-refractivity contribution >= 4 is 11.4 Å². The molecule has 0 aliphatic carbocycles. The van der Waals surface area contributed by atoms with Gasteiger partial charge in [0.2, 0.25) is 0 Å². The number of pyridine rings is 1. The number of hydrogen-bond acceptors (Lipinski definition) is 3. The molecule has 0 bridgehead atoms. The molecule has 0 unspecified atom stereocenters. The maximum Gasteiger partial charge on any atom is 0.0606 e. The lowest BCUT2D eigenvalue weighted by Gasteiger charge is -2.13. The van der Waals surface area contributed by atoms with Gasteiger partial charge in [0.25, 0.3) is 0 Å². The Balaban J connectivity index is 2.02. The quantitative estimate of drug-likeness (QED) is 0.907. The van der Waals surface area contributed by atoms with E-state index < -0.39 is 0 Å². The van der Waals surface area contributed by atoms with Crippen molar-refractivity contribution < 1.29 is 0 Å². The van der Waals surface area contributed by atoms with Gasteiger partial charge in [-0.05, 0) is 43.7 Å². The van der Waals surface area contributed by atoms with E-state index in [4.69, 9.17) is 0 Å². The standard InChI is InChI=1S/C16H21N3/c1-12-5-10-16(13(2)18-12)17-11-14-6-8-15(9-7-14)19(3)4/h5-10,17H,11H2,1-4H3. The summed E-state index contributed by atoms with van der Waals surface area (Å²) in [6.07, 6.45) is 0. The highest BCUT2D eigenvalue weighted by Gasteiger charge is 2.00. The Bertz CT molecular complexity index is 544. The molecule has 2 rings (SSSR count). The highest BCUT2D eigenvalue weighted by Crippen LogP contribution is 2.16. The monoisotopic (exact) mass is 255 g/mol. The van der Waals surface area contributed by atoms with Crippen LogP contribution in [0.5, 0.6) is 0 Å². The molecule has 1 heterocycles. The fraction of sp³-hybridized carbons (Fsp3) is 0.312. The maximum atomic E-state index is 4.45. The van der Waals surface area contributed by atoms with Crippen molar-refractivity contribution in [1.82, 2.24) is 4.98 Å². The van der Waals surface area contributed by atoms with E-state index in [0.717, 1.165) is 23.6 Å². The summed E-state index contributed by atoms with van der Waals surface area (Å²) >= 11 is 0. The highest BCUT2D eigenvalue weighted by molar-refractivity contribution is 5.50. The van der Waals surface area contributed by atoms with Gasteiger partial charge in [0.05, 0.1) is 11.4 Å². The van der Waals surface area contributed by atoms with E-state index in [1.165, 1.54) is 11.3 Å². The average Bonchev–Trinajstić information content (AvgIpc) is 2.38. The Kier molecular flexibility index (Phi) is 4.05. The molecule has 3 nitrogen and oxygen atoms in total. The summed E-state index contributed by atoms with van der Waals surface area (Å²) in [6.45, 7) is 4.86. The Morgan fingerprint density at radius 1 is 1.00 bits per heavy atom. The lowest BCUT2D eigenvalue weighted by Crippen LogP contribution is -2.08. The van der Waals surface area contributed by atoms with Crippen LogP contribution in [0.2, 0.25) is 0 Å².